The maximum absolute atomic E-state index is 13.4. The van der Waals surface area contributed by atoms with Gasteiger partial charge in [-0.1, -0.05) is 36.9 Å². The van der Waals surface area contributed by atoms with E-state index in [0.29, 0.717) is 26.5 Å². The third-order valence-electron chi connectivity index (χ3n) is 5.44. The lowest BCUT2D eigenvalue weighted by Gasteiger charge is -2.30. The summed E-state index contributed by atoms with van der Waals surface area (Å²) in [6, 6.07) is 7.61. The first-order chi connectivity index (χ1) is 14.7. The molecule has 6 nitrogen and oxygen atoms in total. The van der Waals surface area contributed by atoms with Gasteiger partial charge in [0.15, 0.2) is 16.7 Å². The third kappa shape index (κ3) is 3.79. The summed E-state index contributed by atoms with van der Waals surface area (Å²) in [5, 5.41) is 1.14. The van der Waals surface area contributed by atoms with Crippen molar-refractivity contribution in [2.24, 2.45) is 4.99 Å². The van der Waals surface area contributed by atoms with E-state index in [4.69, 9.17) is 26.1 Å². The average molecular weight is 442 g/mol. The number of amidine groups is 1. The number of carbonyl (C=O) groups excluding carboxylic acids is 1. The summed E-state index contributed by atoms with van der Waals surface area (Å²) in [5.41, 5.74) is 1.51. The molecule has 0 spiro atoms. The Morgan fingerprint density at radius 2 is 2.00 bits per heavy atom. The maximum atomic E-state index is 13.4. The van der Waals surface area contributed by atoms with Gasteiger partial charge in [-0.25, -0.2) is 4.99 Å². The molecule has 0 atom stereocenters. The Morgan fingerprint density at radius 1 is 1.17 bits per heavy atom. The molecule has 1 saturated heterocycles. The van der Waals surface area contributed by atoms with E-state index in [0.717, 1.165) is 37.0 Å². The van der Waals surface area contributed by atoms with Gasteiger partial charge in [0.2, 0.25) is 6.79 Å². The molecule has 1 aromatic carbocycles. The zero-order chi connectivity index (χ0) is 20.5. The number of halogens is 1. The topological polar surface area (TPSA) is 64.0 Å². The van der Waals surface area contributed by atoms with Crippen LogP contribution in [0.15, 0.2) is 46.6 Å². The van der Waals surface area contributed by atoms with E-state index in [1.807, 2.05) is 29.2 Å². The second kappa shape index (κ2) is 8.32. The molecule has 2 aromatic rings. The molecule has 5 rings (SSSR count). The molecular weight excluding hydrogens is 422 g/mol. The van der Waals surface area contributed by atoms with Crippen molar-refractivity contribution in [3.63, 3.8) is 0 Å². The van der Waals surface area contributed by atoms with Crippen LogP contribution in [-0.4, -0.2) is 33.8 Å². The fourth-order valence-corrected chi connectivity index (χ4v) is 5.16. The van der Waals surface area contributed by atoms with Crippen LogP contribution in [0, 0.1) is 0 Å². The minimum absolute atomic E-state index is 0.00602. The molecule has 8 heteroatoms. The largest absolute Gasteiger partial charge is 0.454 e. The molecule has 30 heavy (non-hydrogen) atoms. The van der Waals surface area contributed by atoms with Gasteiger partial charge < -0.3 is 9.47 Å². The third-order valence-corrected chi connectivity index (χ3v) is 6.71. The van der Waals surface area contributed by atoms with E-state index in [2.05, 4.69) is 4.98 Å². The summed E-state index contributed by atoms with van der Waals surface area (Å²) < 4.78 is 10.8. The van der Waals surface area contributed by atoms with E-state index in [1.165, 1.54) is 18.2 Å². The van der Waals surface area contributed by atoms with E-state index < -0.39 is 0 Å². The van der Waals surface area contributed by atoms with Gasteiger partial charge in [-0.2, -0.15) is 0 Å². The van der Waals surface area contributed by atoms with Crippen molar-refractivity contribution in [1.82, 2.24) is 9.88 Å². The minimum atomic E-state index is -0.00602. The number of rotatable bonds is 3. The number of amides is 1. The predicted octanol–water partition coefficient (Wildman–Crippen LogP) is 5.40. The van der Waals surface area contributed by atoms with Crippen molar-refractivity contribution < 1.29 is 14.3 Å². The van der Waals surface area contributed by atoms with Crippen LogP contribution in [0.4, 0.5) is 5.69 Å². The highest BCUT2D eigenvalue weighted by molar-refractivity contribution is 8.18. The number of thioether (sulfide) groups is 1. The molecule has 3 aliphatic rings. The van der Waals surface area contributed by atoms with E-state index in [9.17, 15) is 4.79 Å². The van der Waals surface area contributed by atoms with Crippen LogP contribution in [0.2, 0.25) is 5.02 Å². The van der Waals surface area contributed by atoms with Crippen LogP contribution < -0.4 is 9.47 Å². The highest BCUT2D eigenvalue weighted by Crippen LogP contribution is 2.40. The Morgan fingerprint density at radius 3 is 2.83 bits per heavy atom. The lowest BCUT2D eigenvalue weighted by atomic mass is 9.94. The average Bonchev–Trinajstić information content (AvgIpc) is 3.34. The van der Waals surface area contributed by atoms with Gasteiger partial charge in [-0.05, 0) is 54.4 Å². The van der Waals surface area contributed by atoms with Gasteiger partial charge in [0.25, 0.3) is 5.91 Å². The van der Waals surface area contributed by atoms with Crippen molar-refractivity contribution in [2.75, 3.05) is 6.79 Å². The lowest BCUT2D eigenvalue weighted by molar-refractivity contribution is -0.124. The van der Waals surface area contributed by atoms with Crippen molar-refractivity contribution in [3.8, 4) is 11.5 Å². The Labute approximate surface area is 183 Å². The number of ether oxygens (including phenoxy) is 2. The maximum Gasteiger partial charge on any atom is 0.267 e. The fourth-order valence-electron chi connectivity index (χ4n) is 3.94. The summed E-state index contributed by atoms with van der Waals surface area (Å²) in [6.07, 6.45) is 10.6. The minimum Gasteiger partial charge on any atom is -0.454 e. The molecule has 1 saturated carbocycles. The normalized spacial score (nSPS) is 21.8. The van der Waals surface area contributed by atoms with Gasteiger partial charge in [-0.15, -0.1) is 0 Å². The Hall–Kier alpha value is -2.51. The summed E-state index contributed by atoms with van der Waals surface area (Å²) in [7, 11) is 0. The number of hydrogen-bond donors (Lipinski definition) is 0. The quantitative estimate of drug-likeness (QED) is 0.596. The first-order valence-electron chi connectivity index (χ1n) is 10.00. The molecule has 1 aromatic heterocycles. The Bertz CT molecular complexity index is 1050. The molecule has 2 fully saturated rings. The standard InChI is InChI=1S/C22H20ClN3O3S/c23-16-12-24-9-8-17(16)25-22-26(15-4-2-1-3-5-15)21(27)20(30-22)11-14-6-7-18-19(10-14)29-13-28-18/h6-12,15H,1-5,13H2/b20-11-,25-22?. The predicted molar refractivity (Wildman–Crippen MR) is 118 cm³/mol. The van der Waals surface area contributed by atoms with Gasteiger partial charge in [0.1, 0.15) is 0 Å². The number of hydrogen-bond acceptors (Lipinski definition) is 6. The molecule has 154 valence electrons. The molecule has 0 radical (unpaired) electrons. The molecule has 1 amide bonds. The molecular formula is C22H20ClN3O3S. The Kier molecular flexibility index (Phi) is 5.39. The SMILES string of the molecule is O=C1/C(=C/c2ccc3c(c2)OCO3)SC(=Nc2ccncc2Cl)N1C1CCCCC1. The molecule has 0 unspecified atom stereocenters. The molecule has 0 N–H and O–H groups in total. The van der Waals surface area contributed by atoms with Crippen LogP contribution in [0.1, 0.15) is 37.7 Å². The van der Waals surface area contributed by atoms with Crippen molar-refractivity contribution in [2.45, 2.75) is 38.1 Å². The lowest BCUT2D eigenvalue weighted by Crippen LogP contribution is -2.40. The van der Waals surface area contributed by atoms with Gasteiger partial charge >= 0.3 is 0 Å². The zero-order valence-corrected chi connectivity index (χ0v) is 17.8. The summed E-state index contributed by atoms with van der Waals surface area (Å²) in [4.78, 5) is 24.6. The zero-order valence-electron chi connectivity index (χ0n) is 16.2. The number of nitrogens with zero attached hydrogens (tertiary/aromatic N) is 3. The van der Waals surface area contributed by atoms with Crippen molar-refractivity contribution in [1.29, 1.82) is 0 Å². The van der Waals surface area contributed by atoms with Gasteiger partial charge in [-0.3, -0.25) is 14.7 Å². The van der Waals surface area contributed by atoms with E-state index in [-0.39, 0.29) is 18.7 Å². The number of carbonyl (C=O) groups is 1. The summed E-state index contributed by atoms with van der Waals surface area (Å²) >= 11 is 7.66. The summed E-state index contributed by atoms with van der Waals surface area (Å²) in [5.74, 6) is 1.41. The van der Waals surface area contributed by atoms with Crippen molar-refractivity contribution in [3.05, 3.63) is 52.2 Å². The molecule has 1 aliphatic carbocycles. The second-order valence-corrected chi connectivity index (χ2v) is 8.83. The van der Waals surface area contributed by atoms with Gasteiger partial charge in [0.05, 0.1) is 15.6 Å². The Balaban J connectivity index is 1.51. The van der Waals surface area contributed by atoms with Crippen LogP contribution >= 0.6 is 23.4 Å². The smallest absolute Gasteiger partial charge is 0.267 e. The van der Waals surface area contributed by atoms with Crippen LogP contribution in [0.3, 0.4) is 0 Å². The molecule has 2 aliphatic heterocycles. The highest BCUT2D eigenvalue weighted by atomic mass is 35.5. The first-order valence-corrected chi connectivity index (χ1v) is 11.2. The second-order valence-electron chi connectivity index (χ2n) is 7.41. The molecule has 0 bridgehead atoms. The monoisotopic (exact) mass is 441 g/mol. The van der Waals surface area contributed by atoms with Crippen LogP contribution in [0.5, 0.6) is 11.5 Å². The van der Waals surface area contributed by atoms with Crippen LogP contribution in [0.25, 0.3) is 6.08 Å². The van der Waals surface area contributed by atoms with Gasteiger partial charge in [0, 0.05) is 18.4 Å². The first kappa shape index (κ1) is 19.5. The number of aromatic nitrogens is 1. The number of benzene rings is 1. The fraction of sp³-hybridized carbons (Fsp3) is 0.318. The molecule has 3 heterocycles. The van der Waals surface area contributed by atoms with E-state index in [1.54, 1.807) is 18.5 Å². The number of fused-ring (bicyclic) bond motifs is 1. The number of aliphatic imine (C=N–C) groups is 1. The highest BCUT2D eigenvalue weighted by Gasteiger charge is 2.38. The van der Waals surface area contributed by atoms with E-state index >= 15 is 0 Å². The van der Waals surface area contributed by atoms with Crippen LogP contribution in [-0.2, 0) is 4.79 Å². The number of pyridine rings is 1. The van der Waals surface area contributed by atoms with Crippen molar-refractivity contribution >= 4 is 46.2 Å². The summed E-state index contributed by atoms with van der Waals surface area (Å²) in [6.45, 7) is 0.224.